The second-order valence-corrected chi connectivity index (χ2v) is 5.12. The average Bonchev–Trinajstić information content (AvgIpc) is 2.62. The standard InChI is InChI=1S/C21H18O2/c1-2-17-11-13-19(14-12-17)23-21-10-6-9-20(15-21)22-16-18-7-4-3-5-8-18/h2-15H,1,16H2. The first-order valence-corrected chi connectivity index (χ1v) is 7.50. The lowest BCUT2D eigenvalue weighted by Crippen LogP contribution is -1.95. The summed E-state index contributed by atoms with van der Waals surface area (Å²) in [5.74, 6) is 2.33. The molecule has 0 aromatic heterocycles. The van der Waals surface area contributed by atoms with Gasteiger partial charge in [-0.15, -0.1) is 0 Å². The molecule has 0 aliphatic carbocycles. The smallest absolute Gasteiger partial charge is 0.131 e. The van der Waals surface area contributed by atoms with Crippen LogP contribution in [-0.2, 0) is 6.61 Å². The van der Waals surface area contributed by atoms with Crippen molar-refractivity contribution in [1.82, 2.24) is 0 Å². The summed E-state index contributed by atoms with van der Waals surface area (Å²) in [7, 11) is 0. The van der Waals surface area contributed by atoms with Gasteiger partial charge in [0.25, 0.3) is 0 Å². The summed E-state index contributed by atoms with van der Waals surface area (Å²) in [6.45, 7) is 4.28. The Bertz CT molecular complexity index is 761. The van der Waals surface area contributed by atoms with Crippen LogP contribution in [0, 0.1) is 0 Å². The van der Waals surface area contributed by atoms with Crippen molar-refractivity contribution in [2.75, 3.05) is 0 Å². The van der Waals surface area contributed by atoms with Crippen LogP contribution in [0.2, 0.25) is 0 Å². The molecule has 0 bridgehead atoms. The molecule has 23 heavy (non-hydrogen) atoms. The number of benzene rings is 3. The predicted molar refractivity (Wildman–Crippen MR) is 93.8 cm³/mol. The summed E-state index contributed by atoms with van der Waals surface area (Å²) < 4.78 is 11.7. The molecule has 0 N–H and O–H groups in total. The predicted octanol–water partition coefficient (Wildman–Crippen LogP) is 5.70. The van der Waals surface area contributed by atoms with Gasteiger partial charge < -0.3 is 9.47 Å². The Hall–Kier alpha value is -3.00. The monoisotopic (exact) mass is 302 g/mol. The maximum Gasteiger partial charge on any atom is 0.131 e. The highest BCUT2D eigenvalue weighted by Crippen LogP contribution is 2.26. The Morgan fingerprint density at radius 2 is 1.48 bits per heavy atom. The first kappa shape index (κ1) is 14.9. The van der Waals surface area contributed by atoms with Gasteiger partial charge in [0.15, 0.2) is 0 Å². The molecule has 114 valence electrons. The van der Waals surface area contributed by atoms with E-state index < -0.39 is 0 Å². The molecule has 0 radical (unpaired) electrons. The summed E-state index contributed by atoms with van der Waals surface area (Å²) in [6, 6.07) is 25.5. The van der Waals surface area contributed by atoms with Crippen molar-refractivity contribution >= 4 is 6.08 Å². The van der Waals surface area contributed by atoms with Crippen LogP contribution in [0.5, 0.6) is 17.2 Å². The van der Waals surface area contributed by atoms with Crippen LogP contribution < -0.4 is 9.47 Å². The lowest BCUT2D eigenvalue weighted by atomic mass is 10.2. The zero-order valence-electron chi connectivity index (χ0n) is 12.8. The van der Waals surface area contributed by atoms with Crippen LogP contribution in [0.25, 0.3) is 6.08 Å². The molecule has 2 nitrogen and oxygen atoms in total. The van der Waals surface area contributed by atoms with Gasteiger partial charge in [-0.3, -0.25) is 0 Å². The highest BCUT2D eigenvalue weighted by molar-refractivity contribution is 5.49. The lowest BCUT2D eigenvalue weighted by molar-refractivity contribution is 0.304. The number of ether oxygens (including phenoxy) is 2. The summed E-state index contributed by atoms with van der Waals surface area (Å²) >= 11 is 0. The first-order chi connectivity index (χ1) is 11.3. The van der Waals surface area contributed by atoms with Gasteiger partial charge in [-0.1, -0.05) is 61.2 Å². The third kappa shape index (κ3) is 4.24. The molecule has 0 aliphatic heterocycles. The van der Waals surface area contributed by atoms with E-state index in [0.29, 0.717) is 6.61 Å². The summed E-state index contributed by atoms with van der Waals surface area (Å²) in [6.07, 6.45) is 1.81. The lowest BCUT2D eigenvalue weighted by Gasteiger charge is -2.09. The first-order valence-electron chi connectivity index (χ1n) is 7.50. The van der Waals surface area contributed by atoms with Crippen molar-refractivity contribution in [2.24, 2.45) is 0 Å². The van der Waals surface area contributed by atoms with E-state index in [2.05, 4.69) is 6.58 Å². The Morgan fingerprint density at radius 1 is 0.739 bits per heavy atom. The van der Waals surface area contributed by atoms with E-state index in [0.717, 1.165) is 28.4 Å². The van der Waals surface area contributed by atoms with Gasteiger partial charge in [-0.05, 0) is 35.4 Å². The van der Waals surface area contributed by atoms with E-state index in [4.69, 9.17) is 9.47 Å². The average molecular weight is 302 g/mol. The van der Waals surface area contributed by atoms with E-state index in [1.54, 1.807) is 0 Å². The van der Waals surface area contributed by atoms with Crippen molar-refractivity contribution in [3.05, 3.63) is 96.6 Å². The number of rotatable bonds is 6. The largest absolute Gasteiger partial charge is 0.489 e. The molecule has 0 saturated heterocycles. The molecule has 0 aliphatic rings. The van der Waals surface area contributed by atoms with Gasteiger partial charge in [0, 0.05) is 6.07 Å². The molecule has 0 spiro atoms. The molecule has 0 fully saturated rings. The van der Waals surface area contributed by atoms with Crippen molar-refractivity contribution in [2.45, 2.75) is 6.61 Å². The van der Waals surface area contributed by atoms with Gasteiger partial charge in [0.2, 0.25) is 0 Å². The highest BCUT2D eigenvalue weighted by atomic mass is 16.5. The van der Waals surface area contributed by atoms with Crippen molar-refractivity contribution < 1.29 is 9.47 Å². The molecule has 3 rings (SSSR count). The van der Waals surface area contributed by atoms with Gasteiger partial charge in [-0.25, -0.2) is 0 Å². The van der Waals surface area contributed by atoms with Crippen LogP contribution in [0.1, 0.15) is 11.1 Å². The van der Waals surface area contributed by atoms with Crippen molar-refractivity contribution in [3.63, 3.8) is 0 Å². The van der Waals surface area contributed by atoms with Gasteiger partial charge in [0.1, 0.15) is 23.9 Å². The molecule has 3 aromatic carbocycles. The van der Waals surface area contributed by atoms with Crippen molar-refractivity contribution in [1.29, 1.82) is 0 Å². The van der Waals surface area contributed by atoms with Crippen LogP contribution in [0.4, 0.5) is 0 Å². The fraction of sp³-hybridized carbons (Fsp3) is 0.0476. The molecule has 3 aromatic rings. The number of hydrogen-bond acceptors (Lipinski definition) is 2. The molecule has 0 unspecified atom stereocenters. The van der Waals surface area contributed by atoms with Crippen LogP contribution in [0.3, 0.4) is 0 Å². The number of hydrogen-bond donors (Lipinski definition) is 0. The normalized spacial score (nSPS) is 10.1. The minimum absolute atomic E-state index is 0.540. The minimum atomic E-state index is 0.540. The van der Waals surface area contributed by atoms with Crippen LogP contribution in [0.15, 0.2) is 85.4 Å². The molecular formula is C21H18O2. The summed E-state index contributed by atoms with van der Waals surface area (Å²) in [4.78, 5) is 0. The van der Waals surface area contributed by atoms with Crippen LogP contribution in [-0.4, -0.2) is 0 Å². The molecule has 0 saturated carbocycles. The molecule has 2 heteroatoms. The Balaban J connectivity index is 1.65. The maximum atomic E-state index is 5.86. The molecule has 0 heterocycles. The second-order valence-electron chi connectivity index (χ2n) is 5.12. The Kier molecular flexibility index (Phi) is 4.75. The molecular weight excluding hydrogens is 284 g/mol. The SMILES string of the molecule is C=Cc1ccc(Oc2cccc(OCc3ccccc3)c2)cc1. The van der Waals surface area contributed by atoms with Crippen LogP contribution >= 0.6 is 0 Å². The van der Waals surface area contributed by atoms with Crippen molar-refractivity contribution in [3.8, 4) is 17.2 Å². The van der Waals surface area contributed by atoms with E-state index in [1.165, 1.54) is 0 Å². The fourth-order valence-corrected chi connectivity index (χ4v) is 2.18. The molecule has 0 amide bonds. The topological polar surface area (TPSA) is 18.5 Å². The minimum Gasteiger partial charge on any atom is -0.489 e. The summed E-state index contributed by atoms with van der Waals surface area (Å²) in [5, 5.41) is 0. The zero-order valence-corrected chi connectivity index (χ0v) is 12.8. The van der Waals surface area contributed by atoms with Gasteiger partial charge >= 0.3 is 0 Å². The summed E-state index contributed by atoms with van der Waals surface area (Å²) in [5.41, 5.74) is 2.20. The van der Waals surface area contributed by atoms with Gasteiger partial charge in [0.05, 0.1) is 0 Å². The Labute approximate surface area is 136 Å². The molecule has 0 atom stereocenters. The highest BCUT2D eigenvalue weighted by Gasteiger charge is 2.01. The third-order valence-corrected chi connectivity index (χ3v) is 3.41. The van der Waals surface area contributed by atoms with E-state index >= 15 is 0 Å². The van der Waals surface area contributed by atoms with E-state index in [9.17, 15) is 0 Å². The van der Waals surface area contributed by atoms with Gasteiger partial charge in [-0.2, -0.15) is 0 Å². The Morgan fingerprint density at radius 3 is 2.22 bits per heavy atom. The maximum absolute atomic E-state index is 5.86. The zero-order chi connectivity index (χ0) is 15.9. The quantitative estimate of drug-likeness (QED) is 0.581. The second kappa shape index (κ2) is 7.32. The van der Waals surface area contributed by atoms with E-state index in [-0.39, 0.29) is 0 Å². The van der Waals surface area contributed by atoms with E-state index in [1.807, 2.05) is 84.9 Å². The fourth-order valence-electron chi connectivity index (χ4n) is 2.18. The third-order valence-electron chi connectivity index (χ3n) is 3.41.